The smallest absolute Gasteiger partial charge is 0.407 e. The lowest BCUT2D eigenvalue weighted by Crippen LogP contribution is -2.58. The number of hydrogen-bond donors (Lipinski definition) is 2. The number of carbonyl (C=O) groups is 2. The summed E-state index contributed by atoms with van der Waals surface area (Å²) in [5, 5.41) is 13.1. The molecule has 2 aromatic rings. The van der Waals surface area contributed by atoms with E-state index in [1.807, 2.05) is 42.5 Å². The Morgan fingerprint density at radius 3 is 2.53 bits per heavy atom. The average molecular weight is 432 g/mol. The van der Waals surface area contributed by atoms with Crippen LogP contribution in [0, 0.1) is 0 Å². The molecule has 0 radical (unpaired) electrons. The van der Waals surface area contributed by atoms with Gasteiger partial charge in [0.15, 0.2) is 0 Å². The van der Waals surface area contributed by atoms with Crippen LogP contribution in [0.4, 0.5) is 10.6 Å². The molecule has 2 N–H and O–H groups in total. The van der Waals surface area contributed by atoms with Crippen LogP contribution in [0.2, 0.25) is 5.02 Å². The number of halogens is 1. The number of amides is 1. The van der Waals surface area contributed by atoms with Crippen LogP contribution in [-0.4, -0.2) is 84.8 Å². The molecule has 0 spiro atoms. The van der Waals surface area contributed by atoms with Gasteiger partial charge in [-0.1, -0.05) is 29.8 Å². The van der Waals surface area contributed by atoms with Gasteiger partial charge in [0.2, 0.25) is 0 Å². The first-order valence-corrected chi connectivity index (χ1v) is 10.2. The van der Waals surface area contributed by atoms with Crippen molar-refractivity contribution in [3.8, 4) is 11.3 Å². The van der Waals surface area contributed by atoms with Crippen molar-refractivity contribution in [2.45, 2.75) is 6.17 Å². The number of rotatable bonds is 8. The molecule has 0 saturated carbocycles. The quantitative estimate of drug-likeness (QED) is 0.619. The summed E-state index contributed by atoms with van der Waals surface area (Å²) in [5.74, 6) is 0.913. The number of hydrogen-bond acceptors (Lipinski definition) is 6. The fourth-order valence-corrected chi connectivity index (χ4v) is 3.69. The zero-order chi connectivity index (χ0) is 21.5. The lowest BCUT2D eigenvalue weighted by atomic mass is 10.1. The van der Waals surface area contributed by atoms with Crippen LogP contribution in [0.15, 0.2) is 42.5 Å². The topological polar surface area (TPSA) is 89.0 Å². The Hall–Kier alpha value is -2.68. The van der Waals surface area contributed by atoms with E-state index in [1.54, 1.807) is 7.05 Å². The number of nitrogens with zero attached hydrogens (tertiary/aromatic N) is 4. The molecule has 8 nitrogen and oxygen atoms in total. The minimum Gasteiger partial charge on any atom is -0.465 e. The van der Waals surface area contributed by atoms with E-state index in [0.29, 0.717) is 11.3 Å². The number of piperazine rings is 1. The van der Waals surface area contributed by atoms with Crippen LogP contribution in [0.3, 0.4) is 0 Å². The van der Waals surface area contributed by atoms with E-state index in [4.69, 9.17) is 16.6 Å². The number of anilines is 1. The normalized spacial score (nSPS) is 15.6. The highest BCUT2D eigenvalue weighted by Gasteiger charge is 2.26. The number of likely N-dealkylation sites (N-methyl/N-ethyl adjacent to an activating group) is 1. The molecule has 1 aromatic carbocycles. The molecule has 1 unspecified atom stereocenters. The molecule has 9 heteroatoms. The number of pyridine rings is 1. The minimum absolute atomic E-state index is 0.130. The average Bonchev–Trinajstić information content (AvgIpc) is 2.77. The molecule has 1 aromatic heterocycles. The summed E-state index contributed by atoms with van der Waals surface area (Å²) in [6.45, 7) is 3.16. The summed E-state index contributed by atoms with van der Waals surface area (Å²) in [6.07, 6.45) is -0.640. The standard InChI is InChI=1S/C21H26ClN5O3/c1-23-20(15-27(13-14-28)21(29)30)26-11-9-25(10-12-26)19-4-2-3-18(24-19)16-5-7-17(22)8-6-16/h2-8,14,20,23H,9-13,15H2,1H3,(H,29,30). The van der Waals surface area contributed by atoms with Crippen LogP contribution in [-0.2, 0) is 4.79 Å². The Bertz CT molecular complexity index is 856. The number of aldehydes is 1. The van der Waals surface area contributed by atoms with E-state index < -0.39 is 6.09 Å². The third kappa shape index (κ3) is 5.47. The molecule has 1 atom stereocenters. The van der Waals surface area contributed by atoms with Gasteiger partial charge in [-0.25, -0.2) is 9.78 Å². The highest BCUT2D eigenvalue weighted by molar-refractivity contribution is 6.30. The largest absolute Gasteiger partial charge is 0.465 e. The highest BCUT2D eigenvalue weighted by Crippen LogP contribution is 2.23. The van der Waals surface area contributed by atoms with E-state index >= 15 is 0 Å². The maximum atomic E-state index is 11.3. The van der Waals surface area contributed by atoms with E-state index in [2.05, 4.69) is 15.1 Å². The summed E-state index contributed by atoms with van der Waals surface area (Å²) in [4.78, 5) is 32.4. The Morgan fingerprint density at radius 1 is 1.23 bits per heavy atom. The van der Waals surface area contributed by atoms with Crippen LogP contribution in [0.5, 0.6) is 0 Å². The number of carbonyl (C=O) groups excluding carboxylic acids is 1. The molecular weight excluding hydrogens is 406 g/mol. The van der Waals surface area contributed by atoms with Crippen molar-refractivity contribution in [3.05, 3.63) is 47.5 Å². The fraction of sp³-hybridized carbons (Fsp3) is 0.381. The van der Waals surface area contributed by atoms with Gasteiger partial charge in [0.1, 0.15) is 12.1 Å². The van der Waals surface area contributed by atoms with Crippen molar-refractivity contribution >= 4 is 29.8 Å². The molecule has 1 aliphatic heterocycles. The van der Waals surface area contributed by atoms with E-state index in [0.717, 1.165) is 48.2 Å². The number of carboxylic acid groups (broad SMARTS) is 1. The van der Waals surface area contributed by atoms with Gasteiger partial charge in [-0.05, 0) is 31.3 Å². The van der Waals surface area contributed by atoms with Crippen LogP contribution in [0.1, 0.15) is 0 Å². The molecule has 0 aliphatic carbocycles. The first-order valence-electron chi connectivity index (χ1n) is 9.82. The lowest BCUT2D eigenvalue weighted by Gasteiger charge is -2.40. The SMILES string of the molecule is CNC(CN(CC=O)C(=O)O)N1CCN(c2cccc(-c3ccc(Cl)cc3)n2)CC1. The van der Waals surface area contributed by atoms with Crippen molar-refractivity contribution in [1.29, 1.82) is 0 Å². The summed E-state index contributed by atoms with van der Waals surface area (Å²) in [5.41, 5.74) is 1.91. The molecular formula is C21H26ClN5O3. The zero-order valence-electron chi connectivity index (χ0n) is 16.9. The van der Waals surface area contributed by atoms with Crippen LogP contribution in [0.25, 0.3) is 11.3 Å². The van der Waals surface area contributed by atoms with Gasteiger partial charge >= 0.3 is 6.09 Å². The summed E-state index contributed by atoms with van der Waals surface area (Å²) >= 11 is 5.98. The second kappa shape index (κ2) is 10.4. The number of aromatic nitrogens is 1. The van der Waals surface area contributed by atoms with Crippen molar-refractivity contribution in [3.63, 3.8) is 0 Å². The Labute approximate surface area is 181 Å². The van der Waals surface area contributed by atoms with Crippen molar-refractivity contribution in [2.24, 2.45) is 0 Å². The van der Waals surface area contributed by atoms with Crippen molar-refractivity contribution in [1.82, 2.24) is 20.1 Å². The third-order valence-electron chi connectivity index (χ3n) is 5.25. The van der Waals surface area contributed by atoms with Gasteiger partial charge in [0, 0.05) is 36.8 Å². The maximum Gasteiger partial charge on any atom is 0.407 e. The monoisotopic (exact) mass is 431 g/mol. The number of nitrogens with one attached hydrogen (secondary N) is 1. The summed E-state index contributed by atoms with van der Waals surface area (Å²) in [6, 6.07) is 13.6. The molecule has 3 rings (SSSR count). The van der Waals surface area contributed by atoms with Gasteiger partial charge in [0.25, 0.3) is 0 Å². The van der Waals surface area contributed by atoms with Crippen LogP contribution < -0.4 is 10.2 Å². The lowest BCUT2D eigenvalue weighted by molar-refractivity contribution is -0.108. The fourth-order valence-electron chi connectivity index (χ4n) is 3.56. The van der Waals surface area contributed by atoms with Gasteiger partial charge in [-0.2, -0.15) is 0 Å². The van der Waals surface area contributed by atoms with Crippen molar-refractivity contribution in [2.75, 3.05) is 51.2 Å². The molecule has 1 fully saturated rings. The molecule has 30 heavy (non-hydrogen) atoms. The van der Waals surface area contributed by atoms with E-state index in [-0.39, 0.29) is 19.3 Å². The second-order valence-corrected chi connectivity index (χ2v) is 7.51. The molecule has 0 bridgehead atoms. The summed E-state index contributed by atoms with van der Waals surface area (Å²) < 4.78 is 0. The first kappa shape index (κ1) is 22.0. The second-order valence-electron chi connectivity index (χ2n) is 7.07. The maximum absolute atomic E-state index is 11.3. The highest BCUT2D eigenvalue weighted by atomic mass is 35.5. The van der Waals surface area contributed by atoms with Gasteiger partial charge in [0.05, 0.1) is 24.9 Å². The molecule has 1 aliphatic rings. The van der Waals surface area contributed by atoms with Gasteiger partial charge in [-0.15, -0.1) is 0 Å². The van der Waals surface area contributed by atoms with Crippen LogP contribution >= 0.6 is 11.6 Å². The number of benzene rings is 1. The molecule has 1 saturated heterocycles. The van der Waals surface area contributed by atoms with Crippen molar-refractivity contribution < 1.29 is 14.7 Å². The van der Waals surface area contributed by atoms with Gasteiger partial charge in [-0.3, -0.25) is 9.80 Å². The Morgan fingerprint density at radius 2 is 1.93 bits per heavy atom. The summed E-state index contributed by atoms with van der Waals surface area (Å²) in [7, 11) is 1.80. The molecule has 2 heterocycles. The molecule has 160 valence electrons. The Balaban J connectivity index is 1.63. The van der Waals surface area contributed by atoms with E-state index in [9.17, 15) is 14.7 Å². The first-order chi connectivity index (χ1) is 14.5. The van der Waals surface area contributed by atoms with E-state index in [1.165, 1.54) is 0 Å². The van der Waals surface area contributed by atoms with Gasteiger partial charge < -0.3 is 20.1 Å². The third-order valence-corrected chi connectivity index (χ3v) is 5.50. The zero-order valence-corrected chi connectivity index (χ0v) is 17.6. The molecule has 1 amide bonds. The minimum atomic E-state index is -1.09. The predicted octanol–water partition coefficient (Wildman–Crippen LogP) is 2.25. The Kier molecular flexibility index (Phi) is 7.62. The predicted molar refractivity (Wildman–Crippen MR) is 117 cm³/mol.